The summed E-state index contributed by atoms with van der Waals surface area (Å²) in [6.07, 6.45) is 7.12. The van der Waals surface area contributed by atoms with Gasteiger partial charge in [0.05, 0.1) is 30.0 Å². The summed E-state index contributed by atoms with van der Waals surface area (Å²) < 4.78 is 7.62. The van der Waals surface area contributed by atoms with Crippen LogP contribution in [0.15, 0.2) is 42.0 Å². The smallest absolute Gasteiger partial charge is 0.253 e. The summed E-state index contributed by atoms with van der Waals surface area (Å²) in [5.41, 5.74) is 3.06. The summed E-state index contributed by atoms with van der Waals surface area (Å²) in [6.45, 7) is 10.7. The van der Waals surface area contributed by atoms with Crippen molar-refractivity contribution in [1.82, 2.24) is 19.9 Å². The Balaban J connectivity index is 0.000000695. The predicted molar refractivity (Wildman–Crippen MR) is 149 cm³/mol. The number of nitrogens with zero attached hydrogens (tertiary/aromatic N) is 3. The molecule has 3 aromatic rings. The SMILES string of the molecule is CC1CC(c2cccc(-c3csc(NC(=O)CNC(=O)c4ccn(C)c4)n3)n2)CC(C)O1.CCC(C)C. The molecule has 0 radical (unpaired) electrons. The Bertz CT molecular complexity index is 1160. The minimum absolute atomic E-state index is 0.128. The molecule has 4 rings (SSSR count). The lowest BCUT2D eigenvalue weighted by atomic mass is 9.89. The third-order valence-corrected chi connectivity index (χ3v) is 6.98. The molecule has 2 atom stereocenters. The van der Waals surface area contributed by atoms with Crippen LogP contribution in [0.4, 0.5) is 5.13 Å². The van der Waals surface area contributed by atoms with E-state index >= 15 is 0 Å². The summed E-state index contributed by atoms with van der Waals surface area (Å²) in [5.74, 6) is 0.621. The molecule has 0 aromatic carbocycles. The number of ether oxygens (including phenoxy) is 1. The van der Waals surface area contributed by atoms with E-state index in [4.69, 9.17) is 9.72 Å². The van der Waals surface area contributed by atoms with E-state index in [0.717, 1.165) is 30.1 Å². The van der Waals surface area contributed by atoms with E-state index in [1.54, 1.807) is 23.0 Å². The van der Waals surface area contributed by atoms with Gasteiger partial charge in [-0.15, -0.1) is 11.3 Å². The van der Waals surface area contributed by atoms with Crippen LogP contribution in [-0.2, 0) is 16.6 Å². The van der Waals surface area contributed by atoms with Crippen molar-refractivity contribution in [3.63, 3.8) is 0 Å². The number of aromatic nitrogens is 3. The van der Waals surface area contributed by atoms with Gasteiger partial charge in [-0.05, 0) is 50.8 Å². The maximum absolute atomic E-state index is 12.2. The number of pyridine rings is 1. The molecule has 0 saturated carbocycles. The molecule has 1 fully saturated rings. The van der Waals surface area contributed by atoms with Crippen LogP contribution in [0.25, 0.3) is 11.4 Å². The second-order valence-corrected chi connectivity index (χ2v) is 10.9. The normalized spacial score (nSPS) is 19.2. The first-order valence-electron chi connectivity index (χ1n) is 12.9. The monoisotopic (exact) mass is 525 g/mol. The molecule has 2 amide bonds. The molecule has 1 aliphatic rings. The van der Waals surface area contributed by atoms with Crippen LogP contribution in [0.3, 0.4) is 0 Å². The first-order chi connectivity index (χ1) is 17.6. The lowest BCUT2D eigenvalue weighted by Gasteiger charge is -2.31. The van der Waals surface area contributed by atoms with Crippen molar-refractivity contribution in [2.75, 3.05) is 11.9 Å². The topological polar surface area (TPSA) is 98.1 Å². The average Bonchev–Trinajstić information content (AvgIpc) is 3.51. The average molecular weight is 526 g/mol. The van der Waals surface area contributed by atoms with E-state index < -0.39 is 0 Å². The van der Waals surface area contributed by atoms with Gasteiger partial charge in [0.2, 0.25) is 5.91 Å². The van der Waals surface area contributed by atoms with Gasteiger partial charge in [0, 0.05) is 36.4 Å². The van der Waals surface area contributed by atoms with Crippen LogP contribution >= 0.6 is 11.3 Å². The maximum Gasteiger partial charge on any atom is 0.253 e. The van der Waals surface area contributed by atoms with Gasteiger partial charge in [0.25, 0.3) is 5.91 Å². The van der Waals surface area contributed by atoms with Crippen LogP contribution in [0, 0.1) is 5.92 Å². The molecule has 0 bridgehead atoms. The fourth-order valence-electron chi connectivity index (χ4n) is 3.98. The highest BCUT2D eigenvalue weighted by atomic mass is 32.1. The molecule has 0 spiro atoms. The van der Waals surface area contributed by atoms with Crippen molar-refractivity contribution >= 4 is 28.3 Å². The Hall–Kier alpha value is -3.04. The first-order valence-corrected chi connectivity index (χ1v) is 13.8. The number of rotatable bonds is 7. The summed E-state index contributed by atoms with van der Waals surface area (Å²) in [7, 11) is 1.83. The van der Waals surface area contributed by atoms with Gasteiger partial charge in [-0.3, -0.25) is 14.6 Å². The van der Waals surface area contributed by atoms with Gasteiger partial charge in [-0.1, -0.05) is 33.3 Å². The minimum Gasteiger partial charge on any atom is -0.376 e. The lowest BCUT2D eigenvalue weighted by Crippen LogP contribution is -2.32. The summed E-state index contributed by atoms with van der Waals surface area (Å²) >= 11 is 1.33. The summed E-state index contributed by atoms with van der Waals surface area (Å²) in [4.78, 5) is 33.7. The molecular weight excluding hydrogens is 486 g/mol. The van der Waals surface area contributed by atoms with E-state index in [0.29, 0.717) is 22.3 Å². The Morgan fingerprint density at radius 2 is 1.84 bits per heavy atom. The molecular formula is C28H39N5O3S. The number of aryl methyl sites for hydroxylation is 1. The van der Waals surface area contributed by atoms with Crippen LogP contribution in [0.1, 0.15) is 75.9 Å². The summed E-state index contributed by atoms with van der Waals surface area (Å²) in [6, 6.07) is 7.68. The Morgan fingerprint density at radius 3 is 2.46 bits per heavy atom. The predicted octanol–water partition coefficient (Wildman–Crippen LogP) is 5.64. The van der Waals surface area contributed by atoms with E-state index in [9.17, 15) is 9.59 Å². The Morgan fingerprint density at radius 1 is 1.14 bits per heavy atom. The number of carbonyl (C=O) groups excluding carboxylic acids is 2. The highest BCUT2D eigenvalue weighted by Crippen LogP contribution is 2.33. The Labute approximate surface area is 223 Å². The fraction of sp³-hybridized carbons (Fsp3) is 0.500. The summed E-state index contributed by atoms with van der Waals surface area (Å²) in [5, 5.41) is 7.70. The number of carbonyl (C=O) groups is 2. The molecule has 1 saturated heterocycles. The van der Waals surface area contributed by atoms with Crippen molar-refractivity contribution in [3.8, 4) is 11.4 Å². The molecule has 4 heterocycles. The molecule has 1 aliphatic heterocycles. The standard InChI is InChI=1S/C23H27N5O3S.C5H12/c1-14-9-17(10-15(2)31-14)18-5-4-6-19(25-18)20-13-32-23(26-20)27-21(29)11-24-22(30)16-7-8-28(3)12-16;1-4-5(2)3/h4-8,12-15,17H,9-11H2,1-3H3,(H,24,30)(H,26,27,29);5H,4H2,1-3H3. The quantitative estimate of drug-likeness (QED) is 0.416. The van der Waals surface area contributed by atoms with Gasteiger partial charge in [0.15, 0.2) is 5.13 Å². The van der Waals surface area contributed by atoms with Crippen LogP contribution in [0.5, 0.6) is 0 Å². The van der Waals surface area contributed by atoms with Crippen molar-refractivity contribution in [2.45, 2.75) is 72.0 Å². The zero-order valence-corrected chi connectivity index (χ0v) is 23.5. The zero-order chi connectivity index (χ0) is 26.9. The van der Waals surface area contributed by atoms with E-state index in [-0.39, 0.29) is 30.6 Å². The van der Waals surface area contributed by atoms with Gasteiger partial charge in [0.1, 0.15) is 5.69 Å². The molecule has 0 aliphatic carbocycles. The second-order valence-electron chi connectivity index (χ2n) is 10.0. The number of hydrogen-bond donors (Lipinski definition) is 2. The minimum atomic E-state index is -0.331. The number of hydrogen-bond acceptors (Lipinski definition) is 6. The van der Waals surface area contributed by atoms with Crippen molar-refractivity contribution in [2.24, 2.45) is 13.0 Å². The zero-order valence-electron chi connectivity index (χ0n) is 22.7. The number of nitrogens with one attached hydrogen (secondary N) is 2. The molecule has 2 N–H and O–H groups in total. The molecule has 200 valence electrons. The number of thiazole rings is 1. The van der Waals surface area contributed by atoms with Crippen molar-refractivity contribution < 1.29 is 14.3 Å². The molecule has 8 nitrogen and oxygen atoms in total. The van der Waals surface area contributed by atoms with E-state index in [1.807, 2.05) is 24.6 Å². The van der Waals surface area contributed by atoms with Crippen LogP contribution in [0.2, 0.25) is 0 Å². The first kappa shape index (κ1) is 28.5. The Kier molecular flexibility index (Phi) is 10.4. The third-order valence-electron chi connectivity index (χ3n) is 6.22. The third kappa shape index (κ3) is 8.79. The van der Waals surface area contributed by atoms with E-state index in [1.165, 1.54) is 17.8 Å². The van der Waals surface area contributed by atoms with Gasteiger partial charge in [-0.25, -0.2) is 4.98 Å². The lowest BCUT2D eigenvalue weighted by molar-refractivity contribution is -0.115. The van der Waals surface area contributed by atoms with Crippen molar-refractivity contribution in [3.05, 3.63) is 53.3 Å². The molecule has 37 heavy (non-hydrogen) atoms. The van der Waals surface area contributed by atoms with Gasteiger partial charge in [-0.2, -0.15) is 0 Å². The van der Waals surface area contributed by atoms with Gasteiger partial charge >= 0.3 is 0 Å². The van der Waals surface area contributed by atoms with Gasteiger partial charge < -0.3 is 19.9 Å². The molecule has 9 heteroatoms. The number of anilines is 1. The highest BCUT2D eigenvalue weighted by Gasteiger charge is 2.26. The largest absolute Gasteiger partial charge is 0.376 e. The number of amides is 2. The molecule has 3 aromatic heterocycles. The highest BCUT2D eigenvalue weighted by molar-refractivity contribution is 7.14. The van der Waals surface area contributed by atoms with Crippen LogP contribution < -0.4 is 10.6 Å². The van der Waals surface area contributed by atoms with Crippen LogP contribution in [-0.4, -0.2) is 45.1 Å². The maximum atomic E-state index is 12.2. The fourth-order valence-corrected chi connectivity index (χ4v) is 4.70. The van der Waals surface area contributed by atoms with Crippen molar-refractivity contribution in [1.29, 1.82) is 0 Å². The molecule has 2 unspecified atom stereocenters. The van der Waals surface area contributed by atoms with E-state index in [2.05, 4.69) is 56.3 Å². The second kappa shape index (κ2) is 13.5.